The molecule has 1 aromatic carbocycles. The lowest BCUT2D eigenvalue weighted by molar-refractivity contribution is -0.301. The molecule has 0 heterocycles. The lowest BCUT2D eigenvalue weighted by atomic mass is 10.1. The summed E-state index contributed by atoms with van der Waals surface area (Å²) < 4.78 is 0. The molecule has 0 aliphatic carbocycles. The number of aryl methyl sites for hydroxylation is 1. The van der Waals surface area contributed by atoms with Crippen LogP contribution in [-0.2, 0) is 10.5 Å². The topological polar surface area (TPSA) is 40.1 Å². The molecule has 0 N–H and O–H groups in total. The van der Waals surface area contributed by atoms with Crippen LogP contribution in [0.15, 0.2) is 24.3 Å². The van der Waals surface area contributed by atoms with Crippen LogP contribution in [0.5, 0.6) is 0 Å². The van der Waals surface area contributed by atoms with Crippen LogP contribution in [-0.4, -0.2) is 11.7 Å². The van der Waals surface area contributed by atoms with Crippen LogP contribution in [0.1, 0.15) is 11.1 Å². The van der Waals surface area contributed by atoms with Crippen molar-refractivity contribution in [2.45, 2.75) is 12.7 Å². The van der Waals surface area contributed by atoms with Crippen LogP contribution >= 0.6 is 11.8 Å². The van der Waals surface area contributed by atoms with Crippen LogP contribution in [0.3, 0.4) is 0 Å². The molecule has 0 unspecified atom stereocenters. The number of hydrogen-bond donors (Lipinski definition) is 0. The standard InChI is InChI=1S/C10H12O2S/c1-8-4-2-3-5-9(8)6-13-7-10(11)12/h2-5H,6-7H2,1H3,(H,11,12)/p-1. The van der Waals surface area contributed by atoms with Gasteiger partial charge in [0.1, 0.15) is 0 Å². The van der Waals surface area contributed by atoms with Crippen LogP contribution in [0.2, 0.25) is 0 Å². The first-order chi connectivity index (χ1) is 6.20. The van der Waals surface area contributed by atoms with E-state index in [0.717, 1.165) is 5.75 Å². The van der Waals surface area contributed by atoms with Crippen molar-refractivity contribution in [1.29, 1.82) is 0 Å². The molecule has 1 rings (SSSR count). The summed E-state index contributed by atoms with van der Waals surface area (Å²) >= 11 is 1.37. The van der Waals surface area contributed by atoms with Crippen molar-refractivity contribution < 1.29 is 9.90 Å². The van der Waals surface area contributed by atoms with Gasteiger partial charge in [-0.2, -0.15) is 11.8 Å². The SMILES string of the molecule is Cc1ccccc1CSCC(=O)[O-]. The van der Waals surface area contributed by atoms with Gasteiger partial charge in [-0.1, -0.05) is 24.3 Å². The Balaban J connectivity index is 2.45. The summed E-state index contributed by atoms with van der Waals surface area (Å²) in [6.07, 6.45) is 0. The monoisotopic (exact) mass is 195 g/mol. The number of carboxylic acid groups (broad SMARTS) is 1. The molecule has 0 spiro atoms. The van der Waals surface area contributed by atoms with Crippen molar-refractivity contribution in [2.75, 3.05) is 5.75 Å². The van der Waals surface area contributed by atoms with Crippen LogP contribution in [0.4, 0.5) is 0 Å². The van der Waals surface area contributed by atoms with Crippen molar-refractivity contribution in [2.24, 2.45) is 0 Å². The number of carboxylic acids is 1. The van der Waals surface area contributed by atoms with E-state index in [2.05, 4.69) is 0 Å². The number of benzene rings is 1. The van der Waals surface area contributed by atoms with Gasteiger partial charge < -0.3 is 9.90 Å². The summed E-state index contributed by atoms with van der Waals surface area (Å²) in [7, 11) is 0. The van der Waals surface area contributed by atoms with Crippen LogP contribution in [0.25, 0.3) is 0 Å². The molecule has 0 bridgehead atoms. The number of carbonyl (C=O) groups is 1. The Hall–Kier alpha value is -0.960. The number of hydrogen-bond acceptors (Lipinski definition) is 3. The number of carbonyl (C=O) groups excluding carboxylic acids is 1. The zero-order chi connectivity index (χ0) is 9.68. The second-order valence-electron chi connectivity index (χ2n) is 2.79. The minimum absolute atomic E-state index is 0.0638. The zero-order valence-corrected chi connectivity index (χ0v) is 8.26. The highest BCUT2D eigenvalue weighted by Crippen LogP contribution is 2.14. The van der Waals surface area contributed by atoms with Gasteiger partial charge >= 0.3 is 0 Å². The normalized spacial score (nSPS) is 9.92. The number of aliphatic carboxylic acids is 1. The molecule has 0 atom stereocenters. The quantitative estimate of drug-likeness (QED) is 0.719. The van der Waals surface area contributed by atoms with Crippen molar-refractivity contribution in [3.8, 4) is 0 Å². The van der Waals surface area contributed by atoms with Gasteiger partial charge in [0, 0.05) is 11.5 Å². The van der Waals surface area contributed by atoms with Gasteiger partial charge in [-0.25, -0.2) is 0 Å². The minimum atomic E-state index is -1.00. The summed E-state index contributed by atoms with van der Waals surface area (Å²) in [4.78, 5) is 10.1. The largest absolute Gasteiger partial charge is 0.549 e. The van der Waals surface area contributed by atoms with E-state index in [1.807, 2.05) is 31.2 Å². The molecule has 0 saturated heterocycles. The smallest absolute Gasteiger partial charge is 0.0513 e. The molecule has 0 saturated carbocycles. The lowest BCUT2D eigenvalue weighted by Crippen LogP contribution is -2.24. The highest BCUT2D eigenvalue weighted by atomic mass is 32.2. The third-order valence-electron chi connectivity index (χ3n) is 1.74. The van der Waals surface area contributed by atoms with Gasteiger partial charge in [-0.3, -0.25) is 0 Å². The Morgan fingerprint density at radius 1 is 1.46 bits per heavy atom. The van der Waals surface area contributed by atoms with E-state index in [0.29, 0.717) is 0 Å². The maximum absolute atomic E-state index is 10.1. The Kier molecular flexibility index (Phi) is 3.83. The van der Waals surface area contributed by atoms with Crippen molar-refractivity contribution in [1.82, 2.24) is 0 Å². The summed E-state index contributed by atoms with van der Waals surface area (Å²) in [5, 5.41) is 10.1. The minimum Gasteiger partial charge on any atom is -0.549 e. The van der Waals surface area contributed by atoms with Gasteiger partial charge in [0.05, 0.1) is 5.97 Å². The van der Waals surface area contributed by atoms with Gasteiger partial charge in [0.25, 0.3) is 0 Å². The number of rotatable bonds is 4. The number of thioether (sulfide) groups is 1. The van der Waals surface area contributed by atoms with Crippen molar-refractivity contribution in [3.05, 3.63) is 35.4 Å². The van der Waals surface area contributed by atoms with Crippen LogP contribution in [0, 0.1) is 6.92 Å². The summed E-state index contributed by atoms with van der Waals surface area (Å²) in [5.74, 6) is -0.201. The third-order valence-corrected chi connectivity index (χ3v) is 2.69. The van der Waals surface area contributed by atoms with Gasteiger partial charge in [-0.15, -0.1) is 0 Å². The third kappa shape index (κ3) is 3.51. The predicted molar refractivity (Wildman–Crippen MR) is 52.3 cm³/mol. The molecule has 0 fully saturated rings. The summed E-state index contributed by atoms with van der Waals surface area (Å²) in [5.41, 5.74) is 2.39. The van der Waals surface area contributed by atoms with Gasteiger partial charge in [0.15, 0.2) is 0 Å². The molecule has 2 nitrogen and oxygen atoms in total. The molecule has 1 aromatic rings. The van der Waals surface area contributed by atoms with E-state index in [-0.39, 0.29) is 5.75 Å². The van der Waals surface area contributed by atoms with E-state index >= 15 is 0 Å². The van der Waals surface area contributed by atoms with E-state index in [4.69, 9.17) is 0 Å². The van der Waals surface area contributed by atoms with Crippen molar-refractivity contribution >= 4 is 17.7 Å². The fourth-order valence-electron chi connectivity index (χ4n) is 1.02. The molecule has 0 aliphatic rings. The molecular formula is C10H11O2S-. The lowest BCUT2D eigenvalue weighted by Gasteiger charge is -2.05. The Morgan fingerprint density at radius 2 is 2.15 bits per heavy atom. The van der Waals surface area contributed by atoms with Crippen molar-refractivity contribution in [3.63, 3.8) is 0 Å². The molecule has 0 radical (unpaired) electrons. The molecule has 0 amide bonds. The van der Waals surface area contributed by atoms with Crippen LogP contribution < -0.4 is 5.11 Å². The first-order valence-corrected chi connectivity index (χ1v) is 5.17. The van der Waals surface area contributed by atoms with Gasteiger partial charge in [-0.05, 0) is 18.1 Å². The molecule has 70 valence electrons. The first kappa shape index (κ1) is 10.1. The van der Waals surface area contributed by atoms with E-state index in [1.165, 1.54) is 22.9 Å². The predicted octanol–water partition coefficient (Wildman–Crippen LogP) is 0.978. The fourth-order valence-corrected chi connectivity index (χ4v) is 1.83. The highest BCUT2D eigenvalue weighted by Gasteiger charge is 1.96. The maximum atomic E-state index is 10.1. The second kappa shape index (κ2) is 4.92. The maximum Gasteiger partial charge on any atom is 0.0513 e. The fraction of sp³-hybridized carbons (Fsp3) is 0.300. The Morgan fingerprint density at radius 3 is 2.77 bits per heavy atom. The Labute approximate surface area is 82.0 Å². The average molecular weight is 195 g/mol. The Bertz CT molecular complexity index is 297. The summed E-state index contributed by atoms with van der Waals surface area (Å²) in [6.45, 7) is 2.02. The zero-order valence-electron chi connectivity index (χ0n) is 7.45. The first-order valence-electron chi connectivity index (χ1n) is 4.02. The highest BCUT2D eigenvalue weighted by molar-refractivity contribution is 7.99. The average Bonchev–Trinajstić information content (AvgIpc) is 2.08. The van der Waals surface area contributed by atoms with Gasteiger partial charge in [0.2, 0.25) is 0 Å². The van der Waals surface area contributed by atoms with E-state index in [9.17, 15) is 9.90 Å². The molecule has 13 heavy (non-hydrogen) atoms. The summed E-state index contributed by atoms with van der Waals surface area (Å²) in [6, 6.07) is 7.97. The second-order valence-corrected chi connectivity index (χ2v) is 3.78. The molecular weight excluding hydrogens is 184 g/mol. The molecule has 0 aliphatic heterocycles. The molecule has 0 aromatic heterocycles. The molecule has 3 heteroatoms. The van der Waals surface area contributed by atoms with E-state index in [1.54, 1.807) is 0 Å². The van der Waals surface area contributed by atoms with E-state index < -0.39 is 5.97 Å².